The van der Waals surface area contributed by atoms with Gasteiger partial charge in [0.25, 0.3) is 0 Å². The third-order valence-electron chi connectivity index (χ3n) is 4.73. The molecule has 2 heterocycles. The van der Waals surface area contributed by atoms with Gasteiger partial charge in [0.2, 0.25) is 10.0 Å². The average Bonchev–Trinajstić information content (AvgIpc) is 2.71. The SMILES string of the molecule is CN1C2CCC1CN(S(=O)(=O)c1ccc(C#N)cc1)CC2. The highest BCUT2D eigenvalue weighted by Crippen LogP contribution is 2.30. The van der Waals surface area contributed by atoms with Crippen LogP contribution in [-0.4, -0.2) is 49.8 Å². The molecule has 1 aromatic carbocycles. The lowest BCUT2D eigenvalue weighted by molar-refractivity contribution is 0.246. The predicted molar refractivity (Wildman–Crippen MR) is 79.1 cm³/mol. The van der Waals surface area contributed by atoms with E-state index in [-0.39, 0.29) is 4.90 Å². The minimum Gasteiger partial charge on any atom is -0.299 e. The fourth-order valence-electron chi connectivity index (χ4n) is 3.35. The molecule has 0 aliphatic carbocycles. The van der Waals surface area contributed by atoms with Crippen molar-refractivity contribution < 1.29 is 8.42 Å². The Morgan fingerprint density at radius 1 is 1.14 bits per heavy atom. The third-order valence-corrected chi connectivity index (χ3v) is 6.61. The lowest BCUT2D eigenvalue weighted by Crippen LogP contribution is -2.39. The van der Waals surface area contributed by atoms with Gasteiger partial charge in [-0.05, 0) is 50.6 Å². The van der Waals surface area contributed by atoms with Crippen LogP contribution >= 0.6 is 0 Å². The quantitative estimate of drug-likeness (QED) is 0.829. The Morgan fingerprint density at radius 2 is 1.81 bits per heavy atom. The van der Waals surface area contributed by atoms with Gasteiger partial charge in [0.1, 0.15) is 0 Å². The number of likely N-dealkylation sites (N-methyl/N-ethyl adjacent to an activating group) is 1. The summed E-state index contributed by atoms with van der Waals surface area (Å²) < 4.78 is 27.1. The van der Waals surface area contributed by atoms with E-state index in [4.69, 9.17) is 5.26 Å². The van der Waals surface area contributed by atoms with Crippen molar-refractivity contribution in [2.24, 2.45) is 0 Å². The molecule has 6 heteroatoms. The normalized spacial score (nSPS) is 27.2. The molecular formula is C15H19N3O2S. The van der Waals surface area contributed by atoms with Gasteiger partial charge in [-0.25, -0.2) is 8.42 Å². The number of benzene rings is 1. The van der Waals surface area contributed by atoms with Gasteiger partial charge in [0.05, 0.1) is 16.5 Å². The van der Waals surface area contributed by atoms with Crippen molar-refractivity contribution in [3.63, 3.8) is 0 Å². The lowest BCUT2D eigenvalue weighted by Gasteiger charge is -2.25. The predicted octanol–water partition coefficient (Wildman–Crippen LogP) is 1.42. The van der Waals surface area contributed by atoms with Crippen LogP contribution in [0, 0.1) is 11.3 Å². The summed E-state index contributed by atoms with van der Waals surface area (Å²) in [7, 11) is -1.36. The van der Waals surface area contributed by atoms with Crippen LogP contribution in [0.5, 0.6) is 0 Å². The van der Waals surface area contributed by atoms with E-state index >= 15 is 0 Å². The number of hydrogen-bond acceptors (Lipinski definition) is 4. The summed E-state index contributed by atoms with van der Waals surface area (Å²) >= 11 is 0. The van der Waals surface area contributed by atoms with E-state index in [0.717, 1.165) is 12.8 Å². The molecule has 2 bridgehead atoms. The second-order valence-corrected chi connectivity index (χ2v) is 7.78. The molecule has 0 saturated carbocycles. The van der Waals surface area contributed by atoms with E-state index < -0.39 is 10.0 Å². The van der Waals surface area contributed by atoms with E-state index in [1.165, 1.54) is 18.6 Å². The molecule has 0 spiro atoms. The van der Waals surface area contributed by atoms with E-state index in [9.17, 15) is 8.42 Å². The van der Waals surface area contributed by atoms with Gasteiger partial charge in [-0.3, -0.25) is 4.90 Å². The molecule has 2 unspecified atom stereocenters. The fourth-order valence-corrected chi connectivity index (χ4v) is 4.84. The minimum atomic E-state index is -3.46. The monoisotopic (exact) mass is 305 g/mol. The molecule has 2 fully saturated rings. The molecule has 2 aliphatic heterocycles. The van der Waals surface area contributed by atoms with E-state index in [2.05, 4.69) is 11.9 Å². The van der Waals surface area contributed by atoms with Crippen LogP contribution in [0.4, 0.5) is 0 Å². The maximum absolute atomic E-state index is 12.7. The van der Waals surface area contributed by atoms with E-state index in [1.807, 2.05) is 6.07 Å². The van der Waals surface area contributed by atoms with Crippen LogP contribution < -0.4 is 0 Å². The van der Waals surface area contributed by atoms with Crippen molar-refractivity contribution in [1.29, 1.82) is 5.26 Å². The molecule has 0 N–H and O–H groups in total. The first-order chi connectivity index (χ1) is 10.0. The largest absolute Gasteiger partial charge is 0.299 e. The Hall–Kier alpha value is -1.42. The van der Waals surface area contributed by atoms with Gasteiger partial charge in [0.15, 0.2) is 0 Å². The van der Waals surface area contributed by atoms with Crippen LogP contribution in [0.1, 0.15) is 24.8 Å². The smallest absolute Gasteiger partial charge is 0.243 e. The van der Waals surface area contributed by atoms with Crippen molar-refractivity contribution in [3.05, 3.63) is 29.8 Å². The van der Waals surface area contributed by atoms with E-state index in [1.54, 1.807) is 16.4 Å². The molecule has 112 valence electrons. The van der Waals surface area contributed by atoms with Gasteiger partial charge in [-0.2, -0.15) is 9.57 Å². The Balaban J connectivity index is 1.86. The summed E-state index contributed by atoms with van der Waals surface area (Å²) in [6, 6.07) is 9.02. The molecule has 21 heavy (non-hydrogen) atoms. The van der Waals surface area contributed by atoms with Crippen molar-refractivity contribution in [2.75, 3.05) is 20.1 Å². The molecule has 0 aromatic heterocycles. The molecule has 0 amide bonds. The van der Waals surface area contributed by atoms with Gasteiger partial charge < -0.3 is 0 Å². The lowest BCUT2D eigenvalue weighted by atomic mass is 10.1. The molecule has 2 aliphatic rings. The first kappa shape index (κ1) is 14.5. The summed E-state index contributed by atoms with van der Waals surface area (Å²) in [6.07, 6.45) is 3.13. The second-order valence-electron chi connectivity index (χ2n) is 5.84. The minimum absolute atomic E-state index is 0.280. The molecular weight excluding hydrogens is 286 g/mol. The number of sulfonamides is 1. The molecule has 2 atom stereocenters. The maximum atomic E-state index is 12.7. The molecule has 5 nitrogen and oxygen atoms in total. The Morgan fingerprint density at radius 3 is 2.48 bits per heavy atom. The zero-order chi connectivity index (χ0) is 15.0. The second kappa shape index (κ2) is 5.41. The van der Waals surface area contributed by atoms with Crippen molar-refractivity contribution in [3.8, 4) is 6.07 Å². The maximum Gasteiger partial charge on any atom is 0.243 e. The molecule has 0 radical (unpaired) electrons. The summed E-state index contributed by atoms with van der Waals surface area (Å²) in [4.78, 5) is 2.61. The topological polar surface area (TPSA) is 64.4 Å². The first-order valence-corrected chi connectivity index (χ1v) is 8.68. The van der Waals surface area contributed by atoms with Crippen LogP contribution in [0.25, 0.3) is 0 Å². The first-order valence-electron chi connectivity index (χ1n) is 7.24. The average molecular weight is 305 g/mol. The molecule has 2 saturated heterocycles. The Kier molecular flexibility index (Phi) is 3.74. The zero-order valence-corrected chi connectivity index (χ0v) is 12.9. The van der Waals surface area contributed by atoms with Gasteiger partial charge in [0, 0.05) is 25.2 Å². The highest BCUT2D eigenvalue weighted by molar-refractivity contribution is 7.89. The summed E-state index contributed by atoms with van der Waals surface area (Å²) in [5, 5.41) is 8.80. The van der Waals surface area contributed by atoms with Gasteiger partial charge in [-0.1, -0.05) is 0 Å². The Labute approximate surface area is 125 Å². The van der Waals surface area contributed by atoms with Crippen LogP contribution in [0.3, 0.4) is 0 Å². The molecule has 3 rings (SSSR count). The van der Waals surface area contributed by atoms with Gasteiger partial charge >= 0.3 is 0 Å². The number of nitrogens with zero attached hydrogens (tertiary/aromatic N) is 3. The number of fused-ring (bicyclic) bond motifs is 2. The fraction of sp³-hybridized carbons (Fsp3) is 0.533. The number of hydrogen-bond donors (Lipinski definition) is 0. The summed E-state index contributed by atoms with van der Waals surface area (Å²) in [5.74, 6) is 0. The summed E-state index contributed by atoms with van der Waals surface area (Å²) in [6.45, 7) is 1.14. The highest BCUT2D eigenvalue weighted by atomic mass is 32.2. The van der Waals surface area contributed by atoms with Crippen molar-refractivity contribution in [2.45, 2.75) is 36.2 Å². The number of nitriles is 1. The van der Waals surface area contributed by atoms with Gasteiger partial charge in [-0.15, -0.1) is 0 Å². The third kappa shape index (κ3) is 2.57. The zero-order valence-electron chi connectivity index (χ0n) is 12.1. The number of rotatable bonds is 2. The van der Waals surface area contributed by atoms with Crippen LogP contribution in [0.15, 0.2) is 29.2 Å². The molecule has 1 aromatic rings. The summed E-state index contributed by atoms with van der Waals surface area (Å²) in [5.41, 5.74) is 0.476. The Bertz CT molecular complexity index is 663. The van der Waals surface area contributed by atoms with Crippen LogP contribution in [-0.2, 0) is 10.0 Å². The van der Waals surface area contributed by atoms with Crippen molar-refractivity contribution >= 4 is 10.0 Å². The standard InChI is InChI=1S/C15H19N3O2S/c1-17-13-4-5-14(17)11-18(9-8-13)21(19,20)15-6-2-12(10-16)3-7-15/h2-3,6-7,13-14H,4-5,8-9,11H2,1H3. The highest BCUT2D eigenvalue weighted by Gasteiger charge is 2.38. The van der Waals surface area contributed by atoms with Crippen molar-refractivity contribution in [1.82, 2.24) is 9.21 Å². The van der Waals surface area contributed by atoms with Crippen LogP contribution in [0.2, 0.25) is 0 Å². The van der Waals surface area contributed by atoms with E-state index in [0.29, 0.717) is 30.7 Å².